The summed E-state index contributed by atoms with van der Waals surface area (Å²) in [5.74, 6) is 0. The first-order chi connectivity index (χ1) is 29.7. The summed E-state index contributed by atoms with van der Waals surface area (Å²) < 4.78 is 6.32. The number of hydrogen-bond acceptors (Lipinski definition) is 2. The molecule has 0 radical (unpaired) electrons. The number of hydrogen-bond donors (Lipinski definition) is 0. The van der Waals surface area contributed by atoms with E-state index in [1.54, 1.807) is 0 Å². The summed E-state index contributed by atoms with van der Waals surface area (Å²) in [5, 5.41) is 4.76. The van der Waals surface area contributed by atoms with Gasteiger partial charge in [-0.25, -0.2) is 0 Å². The van der Waals surface area contributed by atoms with Crippen LogP contribution in [0.1, 0.15) is 0 Å². The fourth-order valence-corrected chi connectivity index (χ4v) is 8.70. The summed E-state index contributed by atoms with van der Waals surface area (Å²) in [6, 6.07) is 84.9. The topological polar surface area (TPSA) is 16.4 Å². The Morgan fingerprint density at radius 3 is 1.58 bits per heavy atom. The Morgan fingerprint density at radius 2 is 0.817 bits per heavy atom. The Labute approximate surface area is 349 Å². The van der Waals surface area contributed by atoms with E-state index in [4.69, 9.17) is 4.42 Å². The molecule has 0 amide bonds. The van der Waals surface area contributed by atoms with Gasteiger partial charge in [0.25, 0.3) is 0 Å². The molecule has 0 unspecified atom stereocenters. The molecule has 2 nitrogen and oxygen atoms in total. The zero-order valence-electron chi connectivity index (χ0n) is 32.9. The van der Waals surface area contributed by atoms with Crippen molar-refractivity contribution in [1.29, 1.82) is 0 Å². The second kappa shape index (κ2) is 15.1. The highest BCUT2D eigenvalue weighted by Crippen LogP contribution is 2.43. The smallest absolute Gasteiger partial charge is 0.136 e. The van der Waals surface area contributed by atoms with Gasteiger partial charge in [0.15, 0.2) is 0 Å². The summed E-state index contributed by atoms with van der Waals surface area (Å²) in [5.41, 5.74) is 16.8. The average Bonchev–Trinajstić information content (AvgIpc) is 3.72. The maximum atomic E-state index is 6.32. The number of furan rings is 1. The maximum absolute atomic E-state index is 6.32. The van der Waals surface area contributed by atoms with Crippen molar-refractivity contribution in [3.05, 3.63) is 237 Å². The molecule has 0 bridgehead atoms. The average molecular weight is 766 g/mol. The quantitative estimate of drug-likeness (QED) is 0.153. The normalized spacial score (nSPS) is 11.3. The van der Waals surface area contributed by atoms with Crippen LogP contribution in [-0.4, -0.2) is 0 Å². The van der Waals surface area contributed by atoms with Crippen LogP contribution in [0.25, 0.3) is 88.3 Å². The van der Waals surface area contributed by atoms with Crippen LogP contribution in [0, 0.1) is 0 Å². The van der Waals surface area contributed by atoms with Crippen molar-refractivity contribution < 1.29 is 4.42 Å². The summed E-state index contributed by atoms with van der Waals surface area (Å²) in [6.45, 7) is 0. The summed E-state index contributed by atoms with van der Waals surface area (Å²) in [7, 11) is 0. The van der Waals surface area contributed by atoms with Crippen LogP contribution in [-0.2, 0) is 0 Å². The molecule has 2 heteroatoms. The molecule has 282 valence electrons. The Hall–Kier alpha value is -7.94. The largest absolute Gasteiger partial charge is 0.456 e. The van der Waals surface area contributed by atoms with E-state index in [1.807, 2.05) is 12.1 Å². The van der Waals surface area contributed by atoms with Crippen LogP contribution in [0.5, 0.6) is 0 Å². The minimum atomic E-state index is 0.890. The van der Waals surface area contributed by atoms with Crippen molar-refractivity contribution in [1.82, 2.24) is 0 Å². The number of benzene rings is 10. The van der Waals surface area contributed by atoms with Crippen LogP contribution < -0.4 is 4.90 Å². The predicted molar refractivity (Wildman–Crippen MR) is 253 cm³/mol. The van der Waals surface area contributed by atoms with Crippen LogP contribution in [0.2, 0.25) is 0 Å². The van der Waals surface area contributed by atoms with E-state index in [9.17, 15) is 0 Å². The van der Waals surface area contributed by atoms with E-state index in [0.717, 1.165) is 50.1 Å². The molecular formula is C58H39NO. The molecule has 0 aliphatic rings. The van der Waals surface area contributed by atoms with Gasteiger partial charge in [0, 0.05) is 27.8 Å². The first kappa shape index (κ1) is 35.2. The SMILES string of the molecule is c1ccc(-c2ccc(N(c3ccc(-c4ccc(-c5ccc6ccccc6c5)cc4)cc3)c3cccc(-c4cccc5oc6ccccc6c45)c3)cc2-c2ccccc2)cc1. The first-order valence-corrected chi connectivity index (χ1v) is 20.5. The lowest BCUT2D eigenvalue weighted by Gasteiger charge is -2.27. The van der Waals surface area contributed by atoms with Crippen LogP contribution in [0.3, 0.4) is 0 Å². The van der Waals surface area contributed by atoms with Crippen molar-refractivity contribution >= 4 is 49.8 Å². The number of anilines is 3. The molecule has 1 aromatic heterocycles. The van der Waals surface area contributed by atoms with Gasteiger partial charge in [-0.05, 0) is 121 Å². The Balaban J connectivity index is 1.02. The van der Waals surface area contributed by atoms with Gasteiger partial charge in [-0.15, -0.1) is 0 Å². The van der Waals surface area contributed by atoms with Crippen molar-refractivity contribution in [2.45, 2.75) is 0 Å². The third-order valence-corrected chi connectivity index (χ3v) is 11.7. The second-order valence-electron chi connectivity index (χ2n) is 15.3. The van der Waals surface area contributed by atoms with Crippen molar-refractivity contribution in [2.75, 3.05) is 4.90 Å². The molecule has 0 aliphatic carbocycles. The zero-order chi connectivity index (χ0) is 39.8. The third kappa shape index (κ3) is 6.51. The summed E-state index contributed by atoms with van der Waals surface area (Å²) in [4.78, 5) is 2.38. The van der Waals surface area contributed by atoms with Crippen molar-refractivity contribution in [3.8, 4) is 55.6 Å². The number of nitrogens with zero attached hydrogens (tertiary/aromatic N) is 1. The fraction of sp³-hybridized carbons (Fsp3) is 0. The predicted octanol–water partition coefficient (Wildman–Crippen LogP) is 16.5. The molecule has 0 saturated carbocycles. The minimum absolute atomic E-state index is 0.890. The Morgan fingerprint density at radius 1 is 0.267 bits per heavy atom. The molecule has 1 heterocycles. The maximum Gasteiger partial charge on any atom is 0.136 e. The van der Waals surface area contributed by atoms with Gasteiger partial charge in [0.05, 0.1) is 0 Å². The van der Waals surface area contributed by atoms with E-state index in [0.29, 0.717) is 0 Å². The van der Waals surface area contributed by atoms with Gasteiger partial charge in [-0.3, -0.25) is 0 Å². The molecule has 0 aliphatic heterocycles. The lowest BCUT2D eigenvalue weighted by atomic mass is 9.93. The number of para-hydroxylation sites is 1. The monoisotopic (exact) mass is 765 g/mol. The number of fused-ring (bicyclic) bond motifs is 4. The Kier molecular flexibility index (Phi) is 8.87. The first-order valence-electron chi connectivity index (χ1n) is 20.5. The van der Waals surface area contributed by atoms with Gasteiger partial charge < -0.3 is 9.32 Å². The Bertz CT molecular complexity index is 3290. The number of rotatable bonds is 8. The van der Waals surface area contributed by atoms with Gasteiger partial charge in [-0.2, -0.15) is 0 Å². The van der Waals surface area contributed by atoms with Gasteiger partial charge in [0.2, 0.25) is 0 Å². The third-order valence-electron chi connectivity index (χ3n) is 11.7. The minimum Gasteiger partial charge on any atom is -0.456 e. The molecule has 0 N–H and O–H groups in total. The molecule has 60 heavy (non-hydrogen) atoms. The van der Waals surface area contributed by atoms with E-state index in [2.05, 4.69) is 229 Å². The molecule has 10 aromatic carbocycles. The summed E-state index contributed by atoms with van der Waals surface area (Å²) >= 11 is 0. The highest BCUT2D eigenvalue weighted by Gasteiger charge is 2.19. The molecule has 0 spiro atoms. The van der Waals surface area contributed by atoms with Crippen molar-refractivity contribution in [3.63, 3.8) is 0 Å². The highest BCUT2D eigenvalue weighted by atomic mass is 16.3. The molecule has 0 atom stereocenters. The molecule has 0 saturated heterocycles. The molecular weight excluding hydrogens is 727 g/mol. The van der Waals surface area contributed by atoms with Crippen LogP contribution >= 0.6 is 0 Å². The van der Waals surface area contributed by atoms with Gasteiger partial charge in [-0.1, -0.05) is 182 Å². The van der Waals surface area contributed by atoms with Crippen LogP contribution in [0.4, 0.5) is 17.1 Å². The van der Waals surface area contributed by atoms with E-state index in [-0.39, 0.29) is 0 Å². The standard InChI is InChI=1S/C58H39NO/c1-3-14-44(15-4-1)52-36-35-51(39-55(52)45-16-5-2-6-17-45)59(50-20-11-19-48(38-50)53-22-12-24-57-58(53)54-21-9-10-23-56(54)60-57)49-33-31-42(32-34-49)41-25-27-43(28-26-41)47-30-29-40-13-7-8-18-46(40)37-47/h1-39H. The van der Waals surface area contributed by atoms with E-state index >= 15 is 0 Å². The van der Waals surface area contributed by atoms with E-state index < -0.39 is 0 Å². The van der Waals surface area contributed by atoms with E-state index in [1.165, 1.54) is 55.3 Å². The van der Waals surface area contributed by atoms with Crippen LogP contribution in [0.15, 0.2) is 241 Å². The summed E-state index contributed by atoms with van der Waals surface area (Å²) in [6.07, 6.45) is 0. The molecule has 11 aromatic rings. The van der Waals surface area contributed by atoms with Gasteiger partial charge in [0.1, 0.15) is 11.2 Å². The second-order valence-corrected chi connectivity index (χ2v) is 15.3. The fourth-order valence-electron chi connectivity index (χ4n) is 8.70. The van der Waals surface area contributed by atoms with Gasteiger partial charge >= 0.3 is 0 Å². The zero-order valence-corrected chi connectivity index (χ0v) is 32.9. The lowest BCUT2D eigenvalue weighted by Crippen LogP contribution is -2.10. The molecule has 0 fully saturated rings. The molecule has 11 rings (SSSR count). The highest BCUT2D eigenvalue weighted by molar-refractivity contribution is 6.12. The van der Waals surface area contributed by atoms with Crippen molar-refractivity contribution in [2.24, 2.45) is 0 Å². The lowest BCUT2D eigenvalue weighted by molar-refractivity contribution is 0.669.